The van der Waals surface area contributed by atoms with Crippen LogP contribution < -0.4 is 15.4 Å². The number of anilines is 1. The summed E-state index contributed by atoms with van der Waals surface area (Å²) in [5.41, 5.74) is 2.47. The summed E-state index contributed by atoms with van der Waals surface area (Å²) >= 11 is 0. The van der Waals surface area contributed by atoms with Crippen LogP contribution in [0.3, 0.4) is 0 Å². The van der Waals surface area contributed by atoms with Gasteiger partial charge in [-0.1, -0.05) is 12.1 Å². The van der Waals surface area contributed by atoms with Crippen molar-refractivity contribution >= 4 is 11.6 Å². The number of pyridine rings is 1. The van der Waals surface area contributed by atoms with Crippen LogP contribution in [0.2, 0.25) is 0 Å². The number of aromatic nitrogens is 1. The van der Waals surface area contributed by atoms with Gasteiger partial charge in [-0.15, -0.1) is 0 Å². The van der Waals surface area contributed by atoms with Crippen LogP contribution in [-0.2, 0) is 6.42 Å². The molecule has 1 heterocycles. The average Bonchev–Trinajstić information content (AvgIpc) is 2.55. The van der Waals surface area contributed by atoms with Gasteiger partial charge in [-0.25, -0.2) is 0 Å². The van der Waals surface area contributed by atoms with Gasteiger partial charge in [-0.05, 0) is 50.1 Å². The summed E-state index contributed by atoms with van der Waals surface area (Å²) in [4.78, 5) is 16.3. The van der Waals surface area contributed by atoms with E-state index in [1.54, 1.807) is 19.4 Å². The summed E-state index contributed by atoms with van der Waals surface area (Å²) in [5, 5.41) is 6.16. The quantitative estimate of drug-likeness (QED) is 0.825. The second-order valence-corrected chi connectivity index (χ2v) is 5.58. The molecule has 0 spiro atoms. The van der Waals surface area contributed by atoms with E-state index in [2.05, 4.69) is 29.5 Å². The predicted molar refractivity (Wildman–Crippen MR) is 92.0 cm³/mol. The molecule has 0 aliphatic heterocycles. The minimum atomic E-state index is -0.161. The third-order valence-corrected chi connectivity index (χ3v) is 3.31. The fourth-order valence-corrected chi connectivity index (χ4v) is 2.18. The van der Waals surface area contributed by atoms with Gasteiger partial charge in [0.1, 0.15) is 11.4 Å². The van der Waals surface area contributed by atoms with E-state index in [-0.39, 0.29) is 5.91 Å². The van der Waals surface area contributed by atoms with E-state index in [0.29, 0.717) is 18.3 Å². The number of ether oxygens (including phenoxy) is 1. The predicted octanol–water partition coefficient (Wildman–Crippen LogP) is 2.88. The molecular formula is C18H23N3O2. The summed E-state index contributed by atoms with van der Waals surface area (Å²) in [7, 11) is 1.64. The van der Waals surface area contributed by atoms with Crippen LogP contribution in [0.25, 0.3) is 0 Å². The first kappa shape index (κ1) is 16.8. The van der Waals surface area contributed by atoms with Crippen molar-refractivity contribution in [1.29, 1.82) is 0 Å². The van der Waals surface area contributed by atoms with Crippen LogP contribution >= 0.6 is 0 Å². The smallest absolute Gasteiger partial charge is 0.269 e. The number of hydrogen-bond donors (Lipinski definition) is 2. The maximum atomic E-state index is 12.2. The van der Waals surface area contributed by atoms with Gasteiger partial charge >= 0.3 is 0 Å². The van der Waals surface area contributed by atoms with Crippen molar-refractivity contribution in [2.24, 2.45) is 0 Å². The average molecular weight is 313 g/mol. The number of methoxy groups -OCH3 is 1. The number of carbonyl (C=O) groups is 1. The molecule has 1 aromatic heterocycles. The van der Waals surface area contributed by atoms with Gasteiger partial charge in [-0.2, -0.15) is 0 Å². The second kappa shape index (κ2) is 8.17. The first-order valence-corrected chi connectivity index (χ1v) is 7.72. The van der Waals surface area contributed by atoms with Crippen LogP contribution in [-0.4, -0.2) is 30.6 Å². The van der Waals surface area contributed by atoms with E-state index in [9.17, 15) is 4.79 Å². The molecule has 5 nitrogen and oxygen atoms in total. The van der Waals surface area contributed by atoms with Crippen molar-refractivity contribution in [3.63, 3.8) is 0 Å². The number of amides is 1. The van der Waals surface area contributed by atoms with Crippen LogP contribution in [0.4, 0.5) is 5.69 Å². The Morgan fingerprint density at radius 2 is 1.96 bits per heavy atom. The van der Waals surface area contributed by atoms with E-state index >= 15 is 0 Å². The molecule has 0 aliphatic rings. The third kappa shape index (κ3) is 5.29. The van der Waals surface area contributed by atoms with E-state index in [0.717, 1.165) is 23.4 Å². The van der Waals surface area contributed by atoms with Crippen molar-refractivity contribution in [2.75, 3.05) is 19.0 Å². The standard InChI is InChI=1S/C18H23N3O2/c1-13(2)21-15-9-11-19-17(12-15)18(22)20-10-8-14-4-6-16(23-3)7-5-14/h4-7,9,11-13H,8,10H2,1-3H3,(H,19,21)(H,20,22). The van der Waals surface area contributed by atoms with Crippen molar-refractivity contribution in [2.45, 2.75) is 26.3 Å². The number of nitrogens with one attached hydrogen (secondary N) is 2. The Hall–Kier alpha value is -2.56. The Kier molecular flexibility index (Phi) is 5.97. The maximum Gasteiger partial charge on any atom is 0.269 e. The topological polar surface area (TPSA) is 63.2 Å². The summed E-state index contributed by atoms with van der Waals surface area (Å²) < 4.78 is 5.12. The Bertz CT molecular complexity index is 639. The highest BCUT2D eigenvalue weighted by atomic mass is 16.5. The minimum absolute atomic E-state index is 0.161. The van der Waals surface area contributed by atoms with Gasteiger partial charge in [0.25, 0.3) is 5.91 Å². The van der Waals surface area contributed by atoms with E-state index in [1.165, 1.54) is 0 Å². The number of rotatable bonds is 7. The molecule has 2 N–H and O–H groups in total. The zero-order valence-corrected chi connectivity index (χ0v) is 13.8. The van der Waals surface area contributed by atoms with Gasteiger partial charge in [0, 0.05) is 24.5 Å². The highest BCUT2D eigenvalue weighted by Gasteiger charge is 2.08. The molecule has 122 valence electrons. The molecule has 0 radical (unpaired) electrons. The molecule has 0 saturated heterocycles. The fourth-order valence-electron chi connectivity index (χ4n) is 2.18. The van der Waals surface area contributed by atoms with E-state index in [1.807, 2.05) is 30.3 Å². The van der Waals surface area contributed by atoms with Crippen LogP contribution in [0.1, 0.15) is 29.9 Å². The molecule has 0 fully saturated rings. The number of nitrogens with zero attached hydrogens (tertiary/aromatic N) is 1. The lowest BCUT2D eigenvalue weighted by Crippen LogP contribution is -2.26. The molecule has 23 heavy (non-hydrogen) atoms. The van der Waals surface area contributed by atoms with Crippen LogP contribution in [0.5, 0.6) is 5.75 Å². The molecule has 1 aromatic carbocycles. The largest absolute Gasteiger partial charge is 0.497 e. The lowest BCUT2D eigenvalue weighted by molar-refractivity contribution is 0.0949. The van der Waals surface area contributed by atoms with Crippen LogP contribution in [0.15, 0.2) is 42.6 Å². The van der Waals surface area contributed by atoms with Crippen LogP contribution in [0, 0.1) is 0 Å². The molecule has 0 aliphatic carbocycles. The Morgan fingerprint density at radius 1 is 1.22 bits per heavy atom. The fraction of sp³-hybridized carbons (Fsp3) is 0.333. The zero-order chi connectivity index (χ0) is 16.7. The van der Waals surface area contributed by atoms with Gasteiger partial charge < -0.3 is 15.4 Å². The molecular weight excluding hydrogens is 290 g/mol. The monoisotopic (exact) mass is 313 g/mol. The number of carbonyl (C=O) groups excluding carboxylic acids is 1. The van der Waals surface area contributed by atoms with Gasteiger partial charge in [-0.3, -0.25) is 9.78 Å². The highest BCUT2D eigenvalue weighted by Crippen LogP contribution is 2.12. The lowest BCUT2D eigenvalue weighted by Gasteiger charge is -2.11. The first-order valence-electron chi connectivity index (χ1n) is 7.72. The molecule has 0 unspecified atom stereocenters. The SMILES string of the molecule is COc1ccc(CCNC(=O)c2cc(NC(C)C)ccn2)cc1. The first-order chi connectivity index (χ1) is 11.1. The highest BCUT2D eigenvalue weighted by molar-refractivity contribution is 5.93. The molecule has 5 heteroatoms. The van der Waals surface area contributed by atoms with Crippen molar-refractivity contribution in [3.05, 3.63) is 53.9 Å². The van der Waals surface area contributed by atoms with Crippen molar-refractivity contribution in [3.8, 4) is 5.75 Å². The Labute approximate surface area is 137 Å². The lowest BCUT2D eigenvalue weighted by atomic mass is 10.1. The van der Waals surface area contributed by atoms with E-state index in [4.69, 9.17) is 4.74 Å². The second-order valence-electron chi connectivity index (χ2n) is 5.58. The third-order valence-electron chi connectivity index (χ3n) is 3.31. The van der Waals surface area contributed by atoms with Crippen molar-refractivity contribution < 1.29 is 9.53 Å². The number of benzene rings is 1. The molecule has 0 bridgehead atoms. The van der Waals surface area contributed by atoms with Crippen molar-refractivity contribution in [1.82, 2.24) is 10.3 Å². The normalized spacial score (nSPS) is 10.4. The number of hydrogen-bond acceptors (Lipinski definition) is 4. The molecule has 0 atom stereocenters. The molecule has 1 amide bonds. The molecule has 0 saturated carbocycles. The summed E-state index contributed by atoms with van der Waals surface area (Å²) in [6, 6.07) is 11.8. The summed E-state index contributed by atoms with van der Waals surface area (Å²) in [6.45, 7) is 4.67. The maximum absolute atomic E-state index is 12.2. The summed E-state index contributed by atoms with van der Waals surface area (Å²) in [6.07, 6.45) is 2.41. The van der Waals surface area contributed by atoms with Gasteiger partial charge in [0.05, 0.1) is 7.11 Å². The summed E-state index contributed by atoms with van der Waals surface area (Å²) in [5.74, 6) is 0.669. The Morgan fingerprint density at radius 3 is 2.61 bits per heavy atom. The van der Waals surface area contributed by atoms with E-state index < -0.39 is 0 Å². The molecule has 2 rings (SSSR count). The molecule has 2 aromatic rings. The van der Waals surface area contributed by atoms with Gasteiger partial charge in [0.2, 0.25) is 0 Å². The Balaban J connectivity index is 1.86. The van der Waals surface area contributed by atoms with Gasteiger partial charge in [0.15, 0.2) is 0 Å². The minimum Gasteiger partial charge on any atom is -0.497 e. The zero-order valence-electron chi connectivity index (χ0n) is 13.8.